The largest absolute Gasteiger partial charge is 0.394 e. The number of nitrogens with zero attached hydrogens (tertiary/aromatic N) is 2. The number of rotatable bonds is 2. The van der Waals surface area contributed by atoms with Gasteiger partial charge in [-0.25, -0.2) is 4.99 Å². The summed E-state index contributed by atoms with van der Waals surface area (Å²) in [4.78, 5) is 19.6. The van der Waals surface area contributed by atoms with Crippen molar-refractivity contribution in [2.24, 2.45) is 15.9 Å². The van der Waals surface area contributed by atoms with Crippen LogP contribution in [0, 0.1) is 5.92 Å². The quantitative estimate of drug-likeness (QED) is 0.589. The van der Waals surface area contributed by atoms with Crippen molar-refractivity contribution in [1.82, 2.24) is 0 Å². The zero-order valence-corrected chi connectivity index (χ0v) is 10.9. The zero-order chi connectivity index (χ0) is 14.5. The molecule has 1 saturated heterocycles. The standard InChI is InChI=1S/C13H16N2O5/c1-13(19)10(17)8(5-16)20-11(13)7-4-15-12(18)6-2-3-14-9(6)7/h3-4,7-8,10-11,16-17,19H,2,5H2,1H3. The van der Waals surface area contributed by atoms with Crippen LogP contribution in [0.5, 0.6) is 0 Å². The lowest BCUT2D eigenvalue weighted by atomic mass is 9.82. The maximum absolute atomic E-state index is 11.7. The summed E-state index contributed by atoms with van der Waals surface area (Å²) in [5, 5.41) is 29.7. The van der Waals surface area contributed by atoms with E-state index in [1.165, 1.54) is 13.1 Å². The Hall–Kier alpha value is -1.41. The minimum Gasteiger partial charge on any atom is -0.394 e. The van der Waals surface area contributed by atoms with Crippen LogP contribution < -0.4 is 0 Å². The molecule has 3 heterocycles. The molecule has 5 atom stereocenters. The number of dihydropyridines is 1. The van der Waals surface area contributed by atoms with E-state index in [1.807, 2.05) is 0 Å². The van der Waals surface area contributed by atoms with Crippen LogP contribution in [0.25, 0.3) is 0 Å². The molecule has 7 nitrogen and oxygen atoms in total. The fraction of sp³-hybridized carbons (Fsp3) is 0.615. The molecule has 0 aromatic heterocycles. The maximum atomic E-state index is 11.7. The fourth-order valence-corrected chi connectivity index (χ4v) is 2.96. The molecule has 7 heteroatoms. The second-order valence-electron chi connectivity index (χ2n) is 5.44. The lowest BCUT2D eigenvalue weighted by Gasteiger charge is -2.31. The minimum atomic E-state index is -1.55. The van der Waals surface area contributed by atoms with Crippen molar-refractivity contribution in [3.63, 3.8) is 0 Å². The SMILES string of the molecule is CC1(O)C(O)C(CO)OC1C1C=NC(=O)C2=C1N=CC2. The van der Waals surface area contributed by atoms with Crippen LogP contribution in [0.3, 0.4) is 0 Å². The third kappa shape index (κ3) is 1.78. The highest BCUT2D eigenvalue weighted by Crippen LogP contribution is 2.40. The molecule has 1 amide bonds. The van der Waals surface area contributed by atoms with Gasteiger partial charge >= 0.3 is 0 Å². The molecule has 0 saturated carbocycles. The molecule has 3 aliphatic heterocycles. The van der Waals surface area contributed by atoms with Crippen molar-refractivity contribution in [1.29, 1.82) is 0 Å². The second kappa shape index (κ2) is 4.56. The Labute approximate surface area is 115 Å². The number of carbonyl (C=O) groups is 1. The first-order valence-electron chi connectivity index (χ1n) is 6.47. The first kappa shape index (κ1) is 13.6. The smallest absolute Gasteiger partial charge is 0.274 e. The summed E-state index contributed by atoms with van der Waals surface area (Å²) in [7, 11) is 0. The molecule has 3 aliphatic rings. The fourth-order valence-electron chi connectivity index (χ4n) is 2.96. The molecular weight excluding hydrogens is 264 g/mol. The number of ether oxygens (including phenoxy) is 1. The van der Waals surface area contributed by atoms with Crippen LogP contribution in [-0.4, -0.2) is 64.2 Å². The summed E-state index contributed by atoms with van der Waals surface area (Å²) < 4.78 is 5.56. The highest BCUT2D eigenvalue weighted by Gasteiger charge is 2.55. The highest BCUT2D eigenvalue weighted by molar-refractivity contribution is 6.06. The number of aliphatic hydroxyl groups is 3. The van der Waals surface area contributed by atoms with Crippen LogP contribution in [0.4, 0.5) is 0 Å². The molecule has 108 valence electrons. The minimum absolute atomic E-state index is 0.328. The molecule has 0 aromatic rings. The van der Waals surface area contributed by atoms with E-state index in [1.54, 1.807) is 6.21 Å². The molecule has 0 aromatic carbocycles. The topological polar surface area (TPSA) is 112 Å². The first-order chi connectivity index (χ1) is 9.46. The van der Waals surface area contributed by atoms with Gasteiger partial charge in [0.15, 0.2) is 0 Å². The van der Waals surface area contributed by atoms with Crippen molar-refractivity contribution >= 4 is 18.3 Å². The average molecular weight is 280 g/mol. The van der Waals surface area contributed by atoms with Crippen molar-refractivity contribution in [3.8, 4) is 0 Å². The molecule has 0 spiro atoms. The monoisotopic (exact) mass is 280 g/mol. The summed E-state index contributed by atoms with van der Waals surface area (Å²) in [6.07, 6.45) is 0.548. The van der Waals surface area contributed by atoms with E-state index in [-0.39, 0.29) is 5.91 Å². The van der Waals surface area contributed by atoms with E-state index in [0.29, 0.717) is 17.7 Å². The van der Waals surface area contributed by atoms with Crippen molar-refractivity contribution in [2.75, 3.05) is 6.61 Å². The van der Waals surface area contributed by atoms with E-state index >= 15 is 0 Å². The molecule has 0 aliphatic carbocycles. The normalized spacial score (nSPS) is 43.5. The molecule has 3 N–H and O–H groups in total. The van der Waals surface area contributed by atoms with Gasteiger partial charge in [-0.1, -0.05) is 0 Å². The predicted molar refractivity (Wildman–Crippen MR) is 69.5 cm³/mol. The van der Waals surface area contributed by atoms with Gasteiger partial charge in [0.2, 0.25) is 0 Å². The molecule has 3 rings (SSSR count). The summed E-state index contributed by atoms with van der Waals surface area (Å²) in [5.74, 6) is -0.840. The van der Waals surface area contributed by atoms with Gasteiger partial charge in [-0.15, -0.1) is 0 Å². The highest BCUT2D eigenvalue weighted by atomic mass is 16.6. The Balaban J connectivity index is 1.95. The van der Waals surface area contributed by atoms with Gasteiger partial charge in [-0.05, 0) is 6.92 Å². The zero-order valence-electron chi connectivity index (χ0n) is 10.9. The van der Waals surface area contributed by atoms with Crippen LogP contribution >= 0.6 is 0 Å². The Morgan fingerprint density at radius 2 is 2.25 bits per heavy atom. The van der Waals surface area contributed by atoms with Gasteiger partial charge in [0, 0.05) is 24.4 Å². The van der Waals surface area contributed by atoms with Crippen LogP contribution in [0.1, 0.15) is 13.3 Å². The van der Waals surface area contributed by atoms with Gasteiger partial charge in [-0.3, -0.25) is 9.79 Å². The number of hydrogen-bond acceptors (Lipinski definition) is 6. The number of hydrogen-bond donors (Lipinski definition) is 3. The molecular formula is C13H16N2O5. The van der Waals surface area contributed by atoms with E-state index in [4.69, 9.17) is 4.74 Å². The number of aliphatic imine (C=N–C) groups is 2. The Kier molecular flexibility index (Phi) is 3.09. The third-order valence-electron chi connectivity index (χ3n) is 4.12. The van der Waals surface area contributed by atoms with Gasteiger partial charge in [0.1, 0.15) is 23.9 Å². The van der Waals surface area contributed by atoms with Crippen LogP contribution in [-0.2, 0) is 9.53 Å². The van der Waals surface area contributed by atoms with Crippen molar-refractivity contribution in [3.05, 3.63) is 11.3 Å². The summed E-state index contributed by atoms with van der Waals surface area (Å²) in [6.45, 7) is 1.05. The molecule has 20 heavy (non-hydrogen) atoms. The first-order valence-corrected chi connectivity index (χ1v) is 6.47. The van der Waals surface area contributed by atoms with Gasteiger partial charge in [0.05, 0.1) is 18.2 Å². The van der Waals surface area contributed by atoms with E-state index in [0.717, 1.165) is 0 Å². The molecule has 0 radical (unpaired) electrons. The third-order valence-corrected chi connectivity index (χ3v) is 4.12. The Morgan fingerprint density at radius 3 is 2.90 bits per heavy atom. The van der Waals surface area contributed by atoms with E-state index in [9.17, 15) is 20.1 Å². The number of carbonyl (C=O) groups excluding carboxylic acids is 1. The Morgan fingerprint density at radius 1 is 1.50 bits per heavy atom. The van der Waals surface area contributed by atoms with Gasteiger partial charge in [0.25, 0.3) is 5.91 Å². The predicted octanol–water partition coefficient (Wildman–Crippen LogP) is -1.19. The van der Waals surface area contributed by atoms with Gasteiger partial charge in [-0.2, -0.15) is 0 Å². The lowest BCUT2D eigenvalue weighted by Crippen LogP contribution is -2.49. The van der Waals surface area contributed by atoms with Gasteiger partial charge < -0.3 is 20.1 Å². The summed E-state index contributed by atoms with van der Waals surface area (Å²) >= 11 is 0. The number of amides is 1. The molecule has 5 unspecified atom stereocenters. The van der Waals surface area contributed by atoms with Crippen LogP contribution in [0.15, 0.2) is 21.3 Å². The lowest BCUT2D eigenvalue weighted by molar-refractivity contribution is -0.114. The summed E-state index contributed by atoms with van der Waals surface area (Å²) in [5.41, 5.74) is -0.527. The number of aliphatic hydroxyl groups excluding tert-OH is 2. The average Bonchev–Trinajstić information content (AvgIpc) is 2.98. The van der Waals surface area contributed by atoms with Crippen molar-refractivity contribution < 1.29 is 24.9 Å². The van der Waals surface area contributed by atoms with E-state index < -0.39 is 36.4 Å². The summed E-state index contributed by atoms with van der Waals surface area (Å²) in [6, 6.07) is 0. The maximum Gasteiger partial charge on any atom is 0.274 e. The van der Waals surface area contributed by atoms with E-state index in [2.05, 4.69) is 9.98 Å². The molecule has 1 fully saturated rings. The van der Waals surface area contributed by atoms with Crippen LogP contribution in [0.2, 0.25) is 0 Å². The Bertz CT molecular complexity index is 537. The second-order valence-corrected chi connectivity index (χ2v) is 5.44. The van der Waals surface area contributed by atoms with Crippen molar-refractivity contribution in [2.45, 2.75) is 37.3 Å². The molecule has 0 bridgehead atoms.